The Labute approximate surface area is 185 Å². The number of aromatic amines is 1. The monoisotopic (exact) mass is 438 g/mol. The highest BCUT2D eigenvalue weighted by Crippen LogP contribution is 2.21. The number of carbonyl (C=O) groups excluding carboxylic acids is 1. The van der Waals surface area contributed by atoms with Crippen molar-refractivity contribution >= 4 is 16.9 Å². The molecule has 1 aromatic carbocycles. The molecule has 0 saturated carbocycles. The first-order chi connectivity index (χ1) is 15.4. The number of fused-ring (bicyclic) bond motifs is 1. The predicted octanol–water partition coefficient (Wildman–Crippen LogP) is 3.10. The van der Waals surface area contributed by atoms with Crippen LogP contribution in [-0.2, 0) is 22.6 Å². The molecule has 2 aromatic rings. The molecule has 1 aliphatic rings. The van der Waals surface area contributed by atoms with Crippen molar-refractivity contribution in [1.29, 1.82) is 0 Å². The van der Waals surface area contributed by atoms with Crippen molar-refractivity contribution in [3.63, 3.8) is 0 Å². The number of likely N-dealkylation sites (N-methyl/N-ethyl adjacent to an activating group) is 1. The van der Waals surface area contributed by atoms with Gasteiger partial charge in [-0.25, -0.2) is 9.37 Å². The summed E-state index contributed by atoms with van der Waals surface area (Å²) in [5.74, 6) is -0.575. The van der Waals surface area contributed by atoms with Gasteiger partial charge in [-0.1, -0.05) is 31.7 Å². The molecule has 2 heterocycles. The summed E-state index contributed by atoms with van der Waals surface area (Å²) < 4.78 is 14.6. The zero-order chi connectivity index (χ0) is 23.3. The third kappa shape index (κ3) is 5.27. The molecular weight excluding hydrogens is 411 g/mol. The lowest BCUT2D eigenvalue weighted by molar-refractivity contribution is -0.156. The van der Waals surface area contributed by atoms with E-state index in [0.717, 1.165) is 11.1 Å². The smallest absolute Gasteiger partial charge is 0.270 e. The first kappa shape index (κ1) is 23.3. The van der Waals surface area contributed by atoms with Crippen molar-refractivity contribution in [2.75, 3.05) is 20.2 Å². The van der Waals surface area contributed by atoms with Crippen LogP contribution in [0.15, 0.2) is 64.5 Å². The van der Waals surface area contributed by atoms with Crippen LogP contribution < -0.4 is 10.9 Å². The Morgan fingerprint density at radius 1 is 1.41 bits per heavy atom. The number of amides is 1. The molecule has 2 N–H and O–H groups in total. The summed E-state index contributed by atoms with van der Waals surface area (Å²) in [5, 5.41) is 4.22. The largest absolute Gasteiger partial charge is 0.355 e. The minimum atomic E-state index is -0.405. The van der Waals surface area contributed by atoms with E-state index >= 15 is 0 Å². The second-order valence-electron chi connectivity index (χ2n) is 7.33. The van der Waals surface area contributed by atoms with Gasteiger partial charge < -0.3 is 10.3 Å². The number of benzene rings is 1. The lowest BCUT2D eigenvalue weighted by Crippen LogP contribution is -2.29. The van der Waals surface area contributed by atoms with Crippen molar-refractivity contribution in [3.05, 3.63) is 87.2 Å². The quantitative estimate of drug-likeness (QED) is 0.512. The maximum atomic E-state index is 14.6. The molecule has 0 bridgehead atoms. The van der Waals surface area contributed by atoms with Crippen LogP contribution >= 0.6 is 0 Å². The average Bonchev–Trinajstić information content (AvgIpc) is 2.80. The van der Waals surface area contributed by atoms with Gasteiger partial charge in [0.2, 0.25) is 0 Å². The lowest BCUT2D eigenvalue weighted by Gasteiger charge is -2.26. The minimum absolute atomic E-state index is 0.170. The predicted molar refractivity (Wildman–Crippen MR) is 122 cm³/mol. The Morgan fingerprint density at radius 2 is 2.19 bits per heavy atom. The van der Waals surface area contributed by atoms with E-state index in [9.17, 15) is 14.0 Å². The number of rotatable bonds is 7. The van der Waals surface area contributed by atoms with Crippen molar-refractivity contribution in [1.82, 2.24) is 20.3 Å². The lowest BCUT2D eigenvalue weighted by atomic mass is 10.1. The summed E-state index contributed by atoms with van der Waals surface area (Å²) in [6.45, 7) is 8.59. The van der Waals surface area contributed by atoms with E-state index < -0.39 is 5.82 Å². The number of halogens is 1. The molecule has 1 aromatic heterocycles. The van der Waals surface area contributed by atoms with E-state index in [0.29, 0.717) is 40.8 Å². The summed E-state index contributed by atoms with van der Waals surface area (Å²) in [4.78, 5) is 36.5. The topological polar surface area (TPSA) is 87.3 Å². The van der Waals surface area contributed by atoms with Crippen LogP contribution in [0.25, 0.3) is 11.0 Å². The highest BCUT2D eigenvalue weighted by Gasteiger charge is 2.17. The molecular formula is C24H27FN4O3. The van der Waals surface area contributed by atoms with Crippen LogP contribution in [0.1, 0.15) is 25.1 Å². The second-order valence-corrected chi connectivity index (χ2v) is 7.33. The Kier molecular flexibility index (Phi) is 7.50. The molecule has 8 heteroatoms. The fourth-order valence-electron chi connectivity index (χ4n) is 3.30. The molecule has 0 fully saturated rings. The zero-order valence-corrected chi connectivity index (χ0v) is 18.5. The number of nitrogens with one attached hydrogen (secondary N) is 2. The molecule has 1 amide bonds. The van der Waals surface area contributed by atoms with E-state index in [4.69, 9.17) is 4.84 Å². The van der Waals surface area contributed by atoms with Crippen LogP contribution in [0.4, 0.5) is 4.39 Å². The number of aryl methyl sites for hydroxylation is 1. The van der Waals surface area contributed by atoms with Crippen LogP contribution in [0.2, 0.25) is 0 Å². The van der Waals surface area contributed by atoms with Crippen LogP contribution in [0, 0.1) is 5.82 Å². The number of carbonyl (C=O) groups is 1. The van der Waals surface area contributed by atoms with Crippen LogP contribution in [-0.4, -0.2) is 41.1 Å². The Morgan fingerprint density at radius 3 is 2.81 bits per heavy atom. The van der Waals surface area contributed by atoms with Gasteiger partial charge >= 0.3 is 0 Å². The number of aromatic nitrogens is 2. The molecule has 1 aliphatic heterocycles. The third-order valence-electron chi connectivity index (χ3n) is 5.23. The van der Waals surface area contributed by atoms with Gasteiger partial charge in [0.15, 0.2) is 0 Å². The molecule has 0 spiro atoms. The van der Waals surface area contributed by atoms with Gasteiger partial charge in [0.05, 0.1) is 24.2 Å². The fraction of sp³-hybridized carbons (Fsp3) is 0.292. The minimum Gasteiger partial charge on any atom is -0.355 e. The fourth-order valence-corrected chi connectivity index (χ4v) is 3.30. The van der Waals surface area contributed by atoms with Gasteiger partial charge in [-0.15, -0.1) is 0 Å². The number of nitrogens with zero attached hydrogens (tertiary/aromatic N) is 2. The summed E-state index contributed by atoms with van der Waals surface area (Å²) in [7, 11) is 1.58. The highest BCUT2D eigenvalue weighted by molar-refractivity contribution is 5.96. The van der Waals surface area contributed by atoms with Crippen LogP contribution in [0.5, 0.6) is 0 Å². The van der Waals surface area contributed by atoms with Crippen LogP contribution in [0.3, 0.4) is 0 Å². The Hall–Kier alpha value is -3.36. The van der Waals surface area contributed by atoms with E-state index in [1.165, 1.54) is 6.07 Å². The van der Waals surface area contributed by atoms with E-state index in [-0.39, 0.29) is 24.6 Å². The second kappa shape index (κ2) is 10.3. The summed E-state index contributed by atoms with van der Waals surface area (Å²) in [5.41, 5.74) is 3.60. The van der Waals surface area contributed by atoms with Crippen molar-refractivity contribution in [2.45, 2.75) is 26.8 Å². The van der Waals surface area contributed by atoms with Gasteiger partial charge in [-0.05, 0) is 36.6 Å². The molecule has 7 nitrogen and oxygen atoms in total. The maximum absolute atomic E-state index is 14.6. The molecule has 0 saturated heterocycles. The number of allylic oxidation sites excluding steroid dienone is 2. The van der Waals surface area contributed by atoms with E-state index in [2.05, 4.69) is 21.9 Å². The summed E-state index contributed by atoms with van der Waals surface area (Å²) in [6.07, 6.45) is 7.64. The normalized spacial score (nSPS) is 15.2. The first-order valence-electron chi connectivity index (χ1n) is 10.4. The van der Waals surface area contributed by atoms with Crippen molar-refractivity contribution in [2.24, 2.45) is 0 Å². The SMILES string of the molecule is C=C(/C=C\C(=C/C)C(=O)NC)C1=CCN(Cc2cc3[nH]c(=O)c(CC)nc3cc2F)OC1. The van der Waals surface area contributed by atoms with Crippen molar-refractivity contribution < 1.29 is 14.0 Å². The number of hydrogen-bond acceptors (Lipinski definition) is 5. The Bertz CT molecular complexity index is 1190. The van der Waals surface area contributed by atoms with Crippen molar-refractivity contribution in [3.8, 4) is 0 Å². The Balaban J connectivity index is 1.69. The summed E-state index contributed by atoms with van der Waals surface area (Å²) in [6, 6.07) is 2.93. The molecule has 0 atom stereocenters. The van der Waals surface area contributed by atoms with E-state index in [1.54, 1.807) is 43.3 Å². The van der Waals surface area contributed by atoms with Gasteiger partial charge in [0.25, 0.3) is 11.5 Å². The molecule has 0 radical (unpaired) electrons. The maximum Gasteiger partial charge on any atom is 0.270 e. The molecule has 3 rings (SSSR count). The van der Waals surface area contributed by atoms with Gasteiger partial charge in [-0.2, -0.15) is 5.06 Å². The third-order valence-corrected chi connectivity index (χ3v) is 5.23. The first-order valence-corrected chi connectivity index (χ1v) is 10.4. The molecule has 0 unspecified atom stereocenters. The zero-order valence-electron chi connectivity index (χ0n) is 18.5. The number of hydrogen-bond donors (Lipinski definition) is 2. The van der Waals surface area contributed by atoms with E-state index in [1.807, 2.05) is 13.0 Å². The van der Waals surface area contributed by atoms with Gasteiger partial charge in [0.1, 0.15) is 11.5 Å². The highest BCUT2D eigenvalue weighted by atomic mass is 19.1. The number of hydroxylamine groups is 2. The van der Waals surface area contributed by atoms with Gasteiger partial charge in [0, 0.05) is 30.8 Å². The molecule has 0 aliphatic carbocycles. The molecule has 168 valence electrons. The average molecular weight is 439 g/mol. The standard InChI is InChI=1S/C24H27FN4O3/c1-5-16(23(30)26-4)8-7-15(3)17-9-10-29(32-14-17)13-18-11-21-22(12-19(18)25)27-20(6-2)24(31)28-21/h5,7-9,11-12H,3,6,10,13-14H2,1-2,4H3,(H,26,30)(H,28,31)/b8-7-,16-5+. The van der Waals surface area contributed by atoms with Gasteiger partial charge in [-0.3, -0.25) is 14.4 Å². The summed E-state index contributed by atoms with van der Waals surface area (Å²) >= 11 is 0. The molecule has 32 heavy (non-hydrogen) atoms. The number of H-pyrrole nitrogens is 1.